The molecule has 10 heteroatoms. The highest BCUT2D eigenvalue weighted by Gasteiger charge is 2.26. The molecule has 3 N–H and O–H groups in total. The molecular weight excluding hydrogens is 450 g/mol. The SMILES string of the molecule is CSCCC(NS(=O)(=O)/C=C/c1ccccc1)C(=O)Nc1ccc2c(c1)NC(=O)C(C)O2. The third-order valence-electron chi connectivity index (χ3n) is 4.65. The predicted molar refractivity (Wildman–Crippen MR) is 128 cm³/mol. The van der Waals surface area contributed by atoms with E-state index in [1.165, 1.54) is 17.8 Å². The molecule has 1 aliphatic heterocycles. The van der Waals surface area contributed by atoms with E-state index in [-0.39, 0.29) is 5.91 Å². The lowest BCUT2D eigenvalue weighted by molar-refractivity contribution is -0.122. The Morgan fingerprint density at radius 2 is 2.00 bits per heavy atom. The van der Waals surface area contributed by atoms with E-state index >= 15 is 0 Å². The zero-order chi connectivity index (χ0) is 23.1. The Balaban J connectivity index is 1.71. The van der Waals surface area contributed by atoms with Crippen molar-refractivity contribution in [1.29, 1.82) is 0 Å². The van der Waals surface area contributed by atoms with Crippen LogP contribution in [-0.2, 0) is 19.6 Å². The Kier molecular flexibility index (Phi) is 7.94. The van der Waals surface area contributed by atoms with Crippen molar-refractivity contribution in [2.24, 2.45) is 0 Å². The van der Waals surface area contributed by atoms with Crippen LogP contribution in [0.2, 0.25) is 0 Å². The molecule has 2 aromatic rings. The fourth-order valence-electron chi connectivity index (χ4n) is 2.97. The molecular formula is C22H25N3O5S2. The molecule has 1 aliphatic rings. The number of hydrogen-bond donors (Lipinski definition) is 3. The number of nitrogens with one attached hydrogen (secondary N) is 3. The second kappa shape index (κ2) is 10.7. The van der Waals surface area contributed by atoms with Gasteiger partial charge in [-0.1, -0.05) is 30.3 Å². The lowest BCUT2D eigenvalue weighted by atomic mass is 10.2. The standard InChI is InChI=1S/C22H25N3O5S2/c1-15-21(26)24-19-14-17(8-9-20(19)30-15)23-22(27)18(10-12-31-2)25-32(28,29)13-11-16-6-4-3-5-7-16/h3-9,11,13-15,18,25H,10,12H2,1-2H3,(H,23,27)(H,24,26)/b13-11+. The van der Waals surface area contributed by atoms with Crippen molar-refractivity contribution in [2.75, 3.05) is 22.6 Å². The number of sulfonamides is 1. The maximum absolute atomic E-state index is 12.9. The molecule has 0 bridgehead atoms. The summed E-state index contributed by atoms with van der Waals surface area (Å²) in [6.07, 6.45) is 3.07. The van der Waals surface area contributed by atoms with Crippen LogP contribution in [0.25, 0.3) is 6.08 Å². The average molecular weight is 476 g/mol. The van der Waals surface area contributed by atoms with Crippen LogP contribution in [0.4, 0.5) is 11.4 Å². The van der Waals surface area contributed by atoms with Crippen molar-refractivity contribution < 1.29 is 22.7 Å². The molecule has 0 aromatic heterocycles. The zero-order valence-corrected chi connectivity index (χ0v) is 19.3. The number of amides is 2. The summed E-state index contributed by atoms with van der Waals surface area (Å²) in [6, 6.07) is 12.9. The number of thioether (sulfide) groups is 1. The number of anilines is 2. The van der Waals surface area contributed by atoms with Gasteiger partial charge in [0.25, 0.3) is 5.91 Å². The van der Waals surface area contributed by atoms with Crippen molar-refractivity contribution in [3.8, 4) is 5.75 Å². The molecule has 2 amide bonds. The van der Waals surface area contributed by atoms with E-state index in [4.69, 9.17) is 4.74 Å². The van der Waals surface area contributed by atoms with Crippen LogP contribution in [0.5, 0.6) is 5.75 Å². The molecule has 2 unspecified atom stereocenters. The fourth-order valence-corrected chi connectivity index (χ4v) is 4.47. The van der Waals surface area contributed by atoms with Crippen LogP contribution in [0.3, 0.4) is 0 Å². The smallest absolute Gasteiger partial charge is 0.265 e. The van der Waals surface area contributed by atoms with Gasteiger partial charge in [0.2, 0.25) is 15.9 Å². The maximum Gasteiger partial charge on any atom is 0.265 e. The Labute approximate surface area is 191 Å². The first-order valence-corrected chi connectivity index (χ1v) is 12.9. The van der Waals surface area contributed by atoms with E-state index in [0.29, 0.717) is 29.3 Å². The van der Waals surface area contributed by atoms with E-state index in [9.17, 15) is 18.0 Å². The minimum atomic E-state index is -3.85. The number of ether oxygens (including phenoxy) is 1. The first kappa shape index (κ1) is 23.8. The van der Waals surface area contributed by atoms with Gasteiger partial charge < -0.3 is 15.4 Å². The van der Waals surface area contributed by atoms with Crippen LogP contribution < -0.4 is 20.1 Å². The molecule has 0 spiro atoms. The molecule has 170 valence electrons. The highest BCUT2D eigenvalue weighted by Crippen LogP contribution is 2.32. The summed E-state index contributed by atoms with van der Waals surface area (Å²) in [6.45, 7) is 1.64. The summed E-state index contributed by atoms with van der Waals surface area (Å²) in [5, 5.41) is 6.49. The largest absolute Gasteiger partial charge is 0.479 e. The number of rotatable bonds is 9. The second-order valence-electron chi connectivity index (χ2n) is 7.16. The summed E-state index contributed by atoms with van der Waals surface area (Å²) >= 11 is 1.51. The normalized spacial score (nSPS) is 16.7. The van der Waals surface area contributed by atoms with Crippen molar-refractivity contribution in [3.05, 3.63) is 59.5 Å². The molecule has 0 radical (unpaired) electrons. The van der Waals surface area contributed by atoms with Crippen LogP contribution in [0.1, 0.15) is 18.9 Å². The lowest BCUT2D eigenvalue weighted by Gasteiger charge is -2.24. The Morgan fingerprint density at radius 3 is 2.72 bits per heavy atom. The van der Waals surface area contributed by atoms with Gasteiger partial charge >= 0.3 is 0 Å². The van der Waals surface area contributed by atoms with Gasteiger partial charge in [-0.15, -0.1) is 0 Å². The van der Waals surface area contributed by atoms with E-state index in [2.05, 4.69) is 15.4 Å². The summed E-state index contributed by atoms with van der Waals surface area (Å²) < 4.78 is 33.1. The maximum atomic E-state index is 12.9. The number of carbonyl (C=O) groups excluding carboxylic acids is 2. The van der Waals surface area contributed by atoms with Crippen LogP contribution in [0.15, 0.2) is 53.9 Å². The third kappa shape index (κ3) is 6.59. The molecule has 3 rings (SSSR count). The molecule has 0 saturated carbocycles. The van der Waals surface area contributed by atoms with Crippen LogP contribution in [-0.4, -0.2) is 44.4 Å². The Bertz CT molecular complexity index is 1100. The van der Waals surface area contributed by atoms with Gasteiger partial charge in [-0.3, -0.25) is 9.59 Å². The average Bonchev–Trinajstić information content (AvgIpc) is 2.77. The van der Waals surface area contributed by atoms with Gasteiger partial charge in [-0.05, 0) is 55.2 Å². The molecule has 1 heterocycles. The number of hydrogen-bond acceptors (Lipinski definition) is 6. The highest BCUT2D eigenvalue weighted by molar-refractivity contribution is 7.98. The van der Waals surface area contributed by atoms with Crippen molar-refractivity contribution >= 4 is 51.1 Å². The molecule has 2 atom stereocenters. The number of benzene rings is 2. The number of carbonyl (C=O) groups is 2. The Morgan fingerprint density at radius 1 is 1.25 bits per heavy atom. The topological polar surface area (TPSA) is 114 Å². The predicted octanol–water partition coefficient (Wildman–Crippen LogP) is 3.06. The van der Waals surface area contributed by atoms with E-state index in [1.807, 2.05) is 12.3 Å². The molecule has 0 aliphatic carbocycles. The zero-order valence-electron chi connectivity index (χ0n) is 17.7. The van der Waals surface area contributed by atoms with E-state index in [0.717, 1.165) is 11.0 Å². The quantitative estimate of drug-likeness (QED) is 0.514. The Hall–Kier alpha value is -2.82. The van der Waals surface area contributed by atoms with Gasteiger partial charge in [-0.25, -0.2) is 8.42 Å². The minimum absolute atomic E-state index is 0.281. The first-order valence-electron chi connectivity index (χ1n) is 9.94. The molecule has 2 aromatic carbocycles. The minimum Gasteiger partial charge on any atom is -0.479 e. The van der Waals surface area contributed by atoms with Gasteiger partial charge in [0.15, 0.2) is 6.10 Å². The van der Waals surface area contributed by atoms with Crippen molar-refractivity contribution in [3.63, 3.8) is 0 Å². The van der Waals surface area contributed by atoms with Gasteiger partial charge in [0.1, 0.15) is 11.8 Å². The van der Waals surface area contributed by atoms with Gasteiger partial charge in [0.05, 0.1) is 5.69 Å². The number of fused-ring (bicyclic) bond motifs is 1. The summed E-state index contributed by atoms with van der Waals surface area (Å²) in [7, 11) is -3.85. The van der Waals surface area contributed by atoms with E-state index < -0.39 is 28.1 Å². The summed E-state index contributed by atoms with van der Waals surface area (Å²) in [5.41, 5.74) is 1.59. The molecule has 0 fully saturated rings. The van der Waals surface area contributed by atoms with E-state index in [1.54, 1.807) is 49.4 Å². The highest BCUT2D eigenvalue weighted by atomic mass is 32.2. The lowest BCUT2D eigenvalue weighted by Crippen LogP contribution is -2.43. The van der Waals surface area contributed by atoms with Crippen molar-refractivity contribution in [2.45, 2.75) is 25.5 Å². The van der Waals surface area contributed by atoms with Gasteiger partial charge in [0, 0.05) is 11.1 Å². The van der Waals surface area contributed by atoms with Crippen molar-refractivity contribution in [1.82, 2.24) is 4.72 Å². The summed E-state index contributed by atoms with van der Waals surface area (Å²) in [4.78, 5) is 24.7. The monoisotopic (exact) mass is 475 g/mol. The molecule has 0 saturated heterocycles. The van der Waals surface area contributed by atoms with Crippen LogP contribution in [0, 0.1) is 0 Å². The van der Waals surface area contributed by atoms with Crippen LogP contribution >= 0.6 is 11.8 Å². The molecule has 8 nitrogen and oxygen atoms in total. The summed E-state index contributed by atoms with van der Waals surface area (Å²) in [5.74, 6) is 0.319. The van der Waals surface area contributed by atoms with Gasteiger partial charge in [-0.2, -0.15) is 16.5 Å². The second-order valence-corrected chi connectivity index (χ2v) is 9.74. The third-order valence-corrected chi connectivity index (χ3v) is 6.40. The first-order chi connectivity index (χ1) is 15.3. The fraction of sp³-hybridized carbons (Fsp3) is 0.273. The molecule has 32 heavy (non-hydrogen) atoms.